The Labute approximate surface area is 177 Å². The Morgan fingerprint density at radius 1 is 1.17 bits per heavy atom. The predicted octanol–water partition coefficient (Wildman–Crippen LogP) is 4.89. The van der Waals surface area contributed by atoms with E-state index in [4.69, 9.17) is 9.47 Å². The van der Waals surface area contributed by atoms with Crippen LogP contribution in [0.25, 0.3) is 0 Å². The first-order valence-corrected chi connectivity index (χ1v) is 11.7. The second kappa shape index (κ2) is 12.4. The van der Waals surface area contributed by atoms with Crippen LogP contribution >= 0.6 is 0 Å². The number of allylic oxidation sites excluding steroid dienone is 1. The summed E-state index contributed by atoms with van der Waals surface area (Å²) < 4.78 is 11.7. The number of hydrogen-bond donors (Lipinski definition) is 0. The van der Waals surface area contributed by atoms with Gasteiger partial charge >= 0.3 is 5.97 Å². The monoisotopic (exact) mass is 407 g/mol. The summed E-state index contributed by atoms with van der Waals surface area (Å²) in [5.74, 6) is 0.367. The minimum atomic E-state index is -0.430. The average Bonchev–Trinajstić information content (AvgIpc) is 3.21. The van der Waals surface area contributed by atoms with Crippen molar-refractivity contribution in [2.75, 3.05) is 13.7 Å². The molecule has 166 valence electrons. The topological polar surface area (TPSA) is 55.8 Å². The summed E-state index contributed by atoms with van der Waals surface area (Å²) in [7, 11) is 1.78. The van der Waals surface area contributed by atoms with Crippen molar-refractivity contribution in [2.24, 2.45) is 11.8 Å². The number of ether oxygens (including phenoxy) is 2. The van der Waals surface area contributed by atoms with E-state index in [1.807, 2.05) is 6.08 Å². The molecule has 29 heavy (non-hydrogen) atoms. The van der Waals surface area contributed by atoms with Crippen LogP contribution in [0, 0.1) is 11.8 Å². The minimum Gasteiger partial charge on any atom is -0.461 e. The standard InChI is InChI=1S/C24H41NO4/c1-5-6-9-19(3)22-12-7-10-20(28-4)15-13-18(2)14-16-23(26)25-17-8-11-21(25)24(27)29-22/h14,16,18-22H,5-13,15,17H2,1-4H3/b16-14-/t18?,19-,20?,21+,22+/m1/s1. The number of fused-ring (bicyclic) bond motifs is 1. The highest BCUT2D eigenvalue weighted by Gasteiger charge is 2.36. The van der Waals surface area contributed by atoms with Crippen molar-refractivity contribution in [3.63, 3.8) is 0 Å². The van der Waals surface area contributed by atoms with Crippen LogP contribution in [-0.2, 0) is 19.1 Å². The molecule has 0 aromatic rings. The summed E-state index contributed by atoms with van der Waals surface area (Å²) in [5, 5.41) is 0. The Balaban J connectivity index is 2.16. The number of carbonyl (C=O) groups excluding carboxylic acids is 2. The average molecular weight is 408 g/mol. The fourth-order valence-corrected chi connectivity index (χ4v) is 4.49. The Hall–Kier alpha value is -1.36. The molecule has 2 aliphatic heterocycles. The van der Waals surface area contributed by atoms with Gasteiger partial charge in [-0.3, -0.25) is 4.79 Å². The van der Waals surface area contributed by atoms with Crippen LogP contribution < -0.4 is 0 Å². The van der Waals surface area contributed by atoms with Crippen LogP contribution in [0.4, 0.5) is 0 Å². The summed E-state index contributed by atoms with van der Waals surface area (Å²) in [4.78, 5) is 27.4. The molecular weight excluding hydrogens is 366 g/mol. The fourth-order valence-electron chi connectivity index (χ4n) is 4.49. The summed E-state index contributed by atoms with van der Waals surface area (Å²) in [6.45, 7) is 7.15. The second-order valence-electron chi connectivity index (χ2n) is 8.99. The highest BCUT2D eigenvalue weighted by atomic mass is 16.5. The Morgan fingerprint density at radius 3 is 2.69 bits per heavy atom. The van der Waals surface area contributed by atoms with Gasteiger partial charge in [0.2, 0.25) is 5.91 Å². The van der Waals surface area contributed by atoms with Gasteiger partial charge in [-0.15, -0.1) is 0 Å². The molecule has 1 fully saturated rings. The number of rotatable bonds is 5. The van der Waals surface area contributed by atoms with E-state index in [1.54, 1.807) is 18.1 Å². The maximum Gasteiger partial charge on any atom is 0.329 e. The molecule has 5 atom stereocenters. The highest BCUT2D eigenvalue weighted by molar-refractivity contribution is 5.92. The molecule has 5 nitrogen and oxygen atoms in total. The number of amides is 1. The third-order valence-corrected chi connectivity index (χ3v) is 6.58. The van der Waals surface area contributed by atoms with Crippen molar-refractivity contribution >= 4 is 11.9 Å². The molecule has 2 aliphatic rings. The summed E-state index contributed by atoms with van der Waals surface area (Å²) in [5.41, 5.74) is 0. The highest BCUT2D eigenvalue weighted by Crippen LogP contribution is 2.26. The molecule has 1 amide bonds. The van der Waals surface area contributed by atoms with Crippen LogP contribution in [0.1, 0.15) is 85.0 Å². The zero-order chi connectivity index (χ0) is 21.2. The lowest BCUT2D eigenvalue weighted by molar-refractivity contribution is -0.160. The van der Waals surface area contributed by atoms with Gasteiger partial charge in [-0.25, -0.2) is 4.79 Å². The van der Waals surface area contributed by atoms with Gasteiger partial charge < -0.3 is 14.4 Å². The molecule has 0 aromatic carbocycles. The molecule has 0 radical (unpaired) electrons. The van der Waals surface area contributed by atoms with Crippen molar-refractivity contribution in [1.29, 1.82) is 0 Å². The fraction of sp³-hybridized carbons (Fsp3) is 0.833. The van der Waals surface area contributed by atoms with Crippen molar-refractivity contribution in [3.8, 4) is 0 Å². The molecule has 0 saturated carbocycles. The number of esters is 1. The Bertz CT molecular complexity index is 547. The lowest BCUT2D eigenvalue weighted by Crippen LogP contribution is -2.42. The maximum atomic E-state index is 13.0. The minimum absolute atomic E-state index is 0.0648. The van der Waals surface area contributed by atoms with Crippen molar-refractivity contribution in [3.05, 3.63) is 12.2 Å². The van der Waals surface area contributed by atoms with E-state index in [1.165, 1.54) is 0 Å². The van der Waals surface area contributed by atoms with Crippen molar-refractivity contribution < 1.29 is 19.1 Å². The molecular formula is C24H41NO4. The van der Waals surface area contributed by atoms with Gasteiger partial charge in [0, 0.05) is 13.7 Å². The van der Waals surface area contributed by atoms with Crippen LogP contribution in [0.5, 0.6) is 0 Å². The van der Waals surface area contributed by atoms with Crippen LogP contribution in [0.2, 0.25) is 0 Å². The molecule has 0 aliphatic carbocycles. The lowest BCUT2D eigenvalue weighted by atomic mass is 9.92. The van der Waals surface area contributed by atoms with Crippen molar-refractivity contribution in [2.45, 2.75) is 103 Å². The van der Waals surface area contributed by atoms with Crippen LogP contribution in [0.15, 0.2) is 12.2 Å². The quantitative estimate of drug-likeness (QED) is 0.609. The lowest BCUT2D eigenvalue weighted by Gasteiger charge is -2.28. The van der Waals surface area contributed by atoms with Crippen LogP contribution in [-0.4, -0.2) is 48.7 Å². The zero-order valence-electron chi connectivity index (χ0n) is 18.9. The van der Waals surface area contributed by atoms with Gasteiger partial charge in [0.15, 0.2) is 0 Å². The number of cyclic esters (lactones) is 1. The van der Waals surface area contributed by atoms with E-state index in [9.17, 15) is 9.59 Å². The molecule has 1 saturated heterocycles. The third kappa shape index (κ3) is 7.44. The smallest absolute Gasteiger partial charge is 0.329 e. The number of carbonyl (C=O) groups is 2. The summed E-state index contributed by atoms with van der Waals surface area (Å²) in [6.07, 6.45) is 13.5. The molecule has 0 spiro atoms. The first-order valence-electron chi connectivity index (χ1n) is 11.7. The normalized spacial score (nSPS) is 32.1. The largest absolute Gasteiger partial charge is 0.461 e. The van der Waals surface area contributed by atoms with E-state index in [2.05, 4.69) is 20.8 Å². The molecule has 2 unspecified atom stereocenters. The second-order valence-corrected chi connectivity index (χ2v) is 8.99. The maximum absolute atomic E-state index is 13.0. The van der Waals surface area contributed by atoms with Gasteiger partial charge in [-0.2, -0.15) is 0 Å². The van der Waals surface area contributed by atoms with Gasteiger partial charge in [-0.1, -0.05) is 39.7 Å². The summed E-state index contributed by atoms with van der Waals surface area (Å²) >= 11 is 0. The number of methoxy groups -OCH3 is 1. The Kier molecular flexibility index (Phi) is 10.2. The molecule has 0 N–H and O–H groups in total. The molecule has 0 bridgehead atoms. The first kappa shape index (κ1) is 23.9. The molecule has 2 heterocycles. The van der Waals surface area contributed by atoms with Gasteiger partial charge in [0.25, 0.3) is 0 Å². The summed E-state index contributed by atoms with van der Waals surface area (Å²) in [6, 6.07) is -0.430. The number of nitrogens with zero attached hydrogens (tertiary/aromatic N) is 1. The first-order chi connectivity index (χ1) is 14.0. The number of hydrogen-bond acceptors (Lipinski definition) is 4. The number of unbranched alkanes of at least 4 members (excludes halogenated alkanes) is 1. The van der Waals surface area contributed by atoms with E-state index in [-0.39, 0.29) is 24.1 Å². The zero-order valence-corrected chi connectivity index (χ0v) is 18.9. The van der Waals surface area contributed by atoms with Crippen molar-refractivity contribution in [1.82, 2.24) is 4.90 Å². The van der Waals surface area contributed by atoms with E-state index >= 15 is 0 Å². The molecule has 0 aromatic heterocycles. The van der Waals surface area contributed by atoms with Gasteiger partial charge in [0.05, 0.1) is 6.10 Å². The SMILES string of the molecule is CCCC[C@@H](C)[C@@H]1CCCC(OC)CCC(C)/C=C\C(=O)N2CCC[C@H]2C(=O)O1. The third-order valence-electron chi connectivity index (χ3n) is 6.58. The van der Waals surface area contributed by atoms with E-state index in [0.717, 1.165) is 57.8 Å². The predicted molar refractivity (Wildman–Crippen MR) is 115 cm³/mol. The Morgan fingerprint density at radius 2 is 1.97 bits per heavy atom. The molecule has 5 heteroatoms. The van der Waals surface area contributed by atoms with E-state index in [0.29, 0.717) is 24.8 Å². The van der Waals surface area contributed by atoms with Gasteiger partial charge in [0.1, 0.15) is 12.1 Å². The molecule has 2 rings (SSSR count). The van der Waals surface area contributed by atoms with Gasteiger partial charge in [-0.05, 0) is 69.3 Å². The van der Waals surface area contributed by atoms with E-state index < -0.39 is 6.04 Å². The van der Waals surface area contributed by atoms with Crippen LogP contribution in [0.3, 0.4) is 0 Å².